The van der Waals surface area contributed by atoms with Gasteiger partial charge in [0.2, 0.25) is 0 Å². The molecule has 0 bridgehead atoms. The maximum absolute atomic E-state index is 14.0. The number of esters is 1. The van der Waals surface area contributed by atoms with Crippen LogP contribution >= 0.6 is 50.4 Å². The molecule has 5 aromatic rings. The van der Waals surface area contributed by atoms with Crippen molar-refractivity contribution in [1.29, 1.82) is 0 Å². The summed E-state index contributed by atoms with van der Waals surface area (Å²) in [5.74, 6) is -0.0996. The number of aromatic nitrogens is 3. The Morgan fingerprint density at radius 3 is 2.74 bits per heavy atom. The Labute approximate surface area is 259 Å². The molecule has 0 saturated heterocycles. The van der Waals surface area contributed by atoms with E-state index < -0.39 is 12.0 Å². The highest BCUT2D eigenvalue weighted by Gasteiger charge is 2.35. The van der Waals surface area contributed by atoms with Gasteiger partial charge in [0, 0.05) is 28.3 Å². The third-order valence-corrected chi connectivity index (χ3v) is 9.81. The number of nitrogens with one attached hydrogen (secondary N) is 1. The van der Waals surface area contributed by atoms with Crippen LogP contribution in [0.25, 0.3) is 11.8 Å². The lowest BCUT2D eigenvalue weighted by atomic mass is 9.97. The molecule has 1 aliphatic heterocycles. The number of carbonyl (C=O) groups excluding carboxylic acids is 1. The Kier molecular flexibility index (Phi) is 7.99. The number of rotatable bonds is 7. The van der Waals surface area contributed by atoms with Gasteiger partial charge in [-0.25, -0.2) is 14.8 Å². The molecule has 1 aliphatic rings. The van der Waals surface area contributed by atoms with E-state index in [9.17, 15) is 14.4 Å². The molecule has 212 valence electrons. The Bertz CT molecular complexity index is 2080. The second kappa shape index (κ2) is 11.8. The topological polar surface area (TPSA) is 120 Å². The Morgan fingerprint density at radius 2 is 2.02 bits per heavy atom. The van der Waals surface area contributed by atoms with Gasteiger partial charge in [0.05, 0.1) is 26.9 Å². The molecular weight excluding hydrogens is 660 g/mol. The molecular formula is C29H21BrN4O5S3. The van der Waals surface area contributed by atoms with Gasteiger partial charge in [-0.3, -0.25) is 14.2 Å². The van der Waals surface area contributed by atoms with Crippen molar-refractivity contribution in [2.45, 2.75) is 30.1 Å². The number of benzene rings is 1. The van der Waals surface area contributed by atoms with E-state index in [0.29, 0.717) is 46.8 Å². The first-order chi connectivity index (χ1) is 20.3. The zero-order valence-corrected chi connectivity index (χ0v) is 26.2. The Morgan fingerprint density at radius 1 is 1.21 bits per heavy atom. The zero-order chi connectivity index (χ0) is 29.4. The maximum Gasteiger partial charge on any atom is 0.338 e. The zero-order valence-electron chi connectivity index (χ0n) is 22.1. The van der Waals surface area contributed by atoms with E-state index in [0.717, 1.165) is 22.2 Å². The van der Waals surface area contributed by atoms with Gasteiger partial charge in [-0.1, -0.05) is 47.7 Å². The fourth-order valence-corrected chi connectivity index (χ4v) is 7.65. The molecule has 9 nitrogen and oxygen atoms in total. The van der Waals surface area contributed by atoms with Gasteiger partial charge in [-0.2, -0.15) is 0 Å². The largest absolute Gasteiger partial charge is 0.463 e. The van der Waals surface area contributed by atoms with E-state index >= 15 is 0 Å². The molecule has 1 N–H and O–H groups in total. The minimum atomic E-state index is -0.712. The number of ether oxygens (including phenoxy) is 1. The SMILES string of the molecule is CCOC(=O)C1=C(c2ccccc2)N=c2s/c(=C/c3cc(Br)c(Sc4nc(C)cc(=O)[nH]4)o3)c(=O)n2[C@H]1c1cccs1. The minimum Gasteiger partial charge on any atom is -0.463 e. The molecule has 0 unspecified atom stereocenters. The van der Waals surface area contributed by atoms with Crippen molar-refractivity contribution in [2.24, 2.45) is 4.99 Å². The molecule has 6 rings (SSSR count). The molecule has 0 radical (unpaired) electrons. The van der Waals surface area contributed by atoms with Crippen molar-refractivity contribution in [3.63, 3.8) is 0 Å². The van der Waals surface area contributed by atoms with Gasteiger partial charge in [0.1, 0.15) is 11.8 Å². The predicted octanol–water partition coefficient (Wildman–Crippen LogP) is 4.90. The molecule has 0 fully saturated rings. The van der Waals surface area contributed by atoms with Crippen molar-refractivity contribution >= 4 is 68.1 Å². The quantitative estimate of drug-likeness (QED) is 0.192. The summed E-state index contributed by atoms with van der Waals surface area (Å²) in [6, 6.07) is 15.6. The van der Waals surface area contributed by atoms with Crippen LogP contribution in [0, 0.1) is 6.92 Å². The first-order valence-corrected chi connectivity index (χ1v) is 16.0. The molecule has 0 saturated carbocycles. The van der Waals surface area contributed by atoms with E-state index in [1.165, 1.54) is 28.7 Å². The Hall–Kier alpha value is -3.78. The number of hydrogen-bond donors (Lipinski definition) is 1. The number of aryl methyl sites for hydroxylation is 1. The number of H-pyrrole nitrogens is 1. The van der Waals surface area contributed by atoms with E-state index in [-0.39, 0.29) is 17.7 Å². The van der Waals surface area contributed by atoms with E-state index in [1.807, 2.05) is 47.8 Å². The number of thiophene rings is 1. The fourth-order valence-electron chi connectivity index (χ4n) is 4.48. The molecule has 0 spiro atoms. The van der Waals surface area contributed by atoms with Gasteiger partial charge in [0.25, 0.3) is 11.1 Å². The summed E-state index contributed by atoms with van der Waals surface area (Å²) in [6.45, 7) is 3.67. The normalized spacial score (nSPS) is 15.0. The minimum absolute atomic E-state index is 0.186. The number of carbonyl (C=O) groups is 1. The third-order valence-electron chi connectivity index (χ3n) is 6.17. The van der Waals surface area contributed by atoms with Crippen molar-refractivity contribution in [3.8, 4) is 0 Å². The average Bonchev–Trinajstić information content (AvgIpc) is 3.68. The first kappa shape index (κ1) is 28.3. The van der Waals surface area contributed by atoms with Crippen molar-refractivity contribution in [3.05, 3.63) is 122 Å². The Balaban J connectivity index is 1.50. The summed E-state index contributed by atoms with van der Waals surface area (Å²) >= 11 is 7.32. The first-order valence-electron chi connectivity index (χ1n) is 12.7. The van der Waals surface area contributed by atoms with Crippen molar-refractivity contribution < 1.29 is 13.9 Å². The lowest BCUT2D eigenvalue weighted by Crippen LogP contribution is -2.39. The van der Waals surface area contributed by atoms with Crippen LogP contribution in [-0.2, 0) is 9.53 Å². The summed E-state index contributed by atoms with van der Waals surface area (Å²) in [5.41, 5.74) is 1.55. The van der Waals surface area contributed by atoms with Crippen LogP contribution in [0.5, 0.6) is 0 Å². The highest BCUT2D eigenvalue weighted by molar-refractivity contribution is 9.10. The monoisotopic (exact) mass is 680 g/mol. The van der Waals surface area contributed by atoms with Crippen LogP contribution < -0.4 is 20.5 Å². The summed E-state index contributed by atoms with van der Waals surface area (Å²) in [7, 11) is 0. The number of furan rings is 1. The number of fused-ring (bicyclic) bond motifs is 1. The lowest BCUT2D eigenvalue weighted by Gasteiger charge is -2.24. The van der Waals surface area contributed by atoms with Crippen LogP contribution in [0.4, 0.5) is 0 Å². The number of hydrogen-bond acceptors (Lipinski definition) is 10. The molecule has 0 aliphatic carbocycles. The number of aromatic amines is 1. The second-order valence-electron chi connectivity index (χ2n) is 9.03. The number of nitrogens with zero attached hydrogens (tertiary/aromatic N) is 3. The molecule has 1 aromatic carbocycles. The smallest absolute Gasteiger partial charge is 0.338 e. The lowest BCUT2D eigenvalue weighted by molar-refractivity contribution is -0.138. The van der Waals surface area contributed by atoms with Gasteiger partial charge in [-0.15, -0.1) is 11.3 Å². The maximum atomic E-state index is 14.0. The van der Waals surface area contributed by atoms with Crippen LogP contribution in [0.3, 0.4) is 0 Å². The summed E-state index contributed by atoms with van der Waals surface area (Å²) in [4.78, 5) is 52.4. The van der Waals surface area contributed by atoms with Gasteiger partial charge >= 0.3 is 5.97 Å². The summed E-state index contributed by atoms with van der Waals surface area (Å²) < 4.78 is 14.1. The van der Waals surface area contributed by atoms with Crippen LogP contribution in [0.2, 0.25) is 0 Å². The van der Waals surface area contributed by atoms with Crippen LogP contribution in [-0.4, -0.2) is 27.1 Å². The van der Waals surface area contributed by atoms with Crippen LogP contribution in [0.15, 0.2) is 99.3 Å². The van der Waals surface area contributed by atoms with Gasteiger partial charge < -0.3 is 14.1 Å². The summed E-state index contributed by atoms with van der Waals surface area (Å²) in [5, 5.41) is 2.76. The van der Waals surface area contributed by atoms with E-state index in [1.54, 1.807) is 30.6 Å². The fraction of sp³-hybridized carbons (Fsp3) is 0.138. The molecule has 42 heavy (non-hydrogen) atoms. The van der Waals surface area contributed by atoms with E-state index in [2.05, 4.69) is 25.9 Å². The van der Waals surface area contributed by atoms with Crippen molar-refractivity contribution in [1.82, 2.24) is 14.5 Å². The standard InChI is InChI=1S/C29H21BrN4O5S3/c1-3-38-26(37)22-23(16-8-5-4-6-9-16)33-29-34(24(22)19-10-7-11-40-19)25(36)20(41-29)14-17-13-18(30)27(39-17)42-28-31-15(2)12-21(35)32-28/h4-14,24H,3H2,1-2H3,(H,31,32,35)/b20-14+/t24-/m0/s1. The average molecular weight is 682 g/mol. The van der Waals surface area contributed by atoms with E-state index in [4.69, 9.17) is 14.1 Å². The van der Waals surface area contributed by atoms with Crippen LogP contribution in [0.1, 0.15) is 34.9 Å². The second-order valence-corrected chi connectivity index (χ2v) is 12.8. The molecule has 0 amide bonds. The number of halogens is 1. The number of thiazole rings is 1. The summed E-state index contributed by atoms with van der Waals surface area (Å²) in [6.07, 6.45) is 1.65. The van der Waals surface area contributed by atoms with Gasteiger partial charge in [0.15, 0.2) is 15.1 Å². The van der Waals surface area contributed by atoms with Crippen molar-refractivity contribution in [2.75, 3.05) is 6.61 Å². The molecule has 1 atom stereocenters. The molecule has 13 heteroatoms. The van der Waals surface area contributed by atoms with Gasteiger partial charge in [-0.05, 0) is 59.1 Å². The predicted molar refractivity (Wildman–Crippen MR) is 166 cm³/mol. The molecule has 4 aromatic heterocycles. The highest BCUT2D eigenvalue weighted by atomic mass is 79.9. The molecule has 5 heterocycles. The highest BCUT2D eigenvalue weighted by Crippen LogP contribution is 2.37. The third kappa shape index (κ3) is 5.52.